The van der Waals surface area contributed by atoms with Crippen LogP contribution in [0.4, 0.5) is 5.69 Å². The lowest BCUT2D eigenvalue weighted by atomic mass is 9.86. The van der Waals surface area contributed by atoms with Crippen molar-refractivity contribution < 1.29 is 17.9 Å². The third-order valence-electron chi connectivity index (χ3n) is 3.94. The Morgan fingerprint density at radius 2 is 1.86 bits per heavy atom. The molecule has 0 radical (unpaired) electrons. The van der Waals surface area contributed by atoms with Crippen molar-refractivity contribution in [1.82, 2.24) is 4.31 Å². The van der Waals surface area contributed by atoms with Gasteiger partial charge in [-0.15, -0.1) is 0 Å². The van der Waals surface area contributed by atoms with Crippen molar-refractivity contribution in [1.29, 1.82) is 0 Å². The highest BCUT2D eigenvalue weighted by Crippen LogP contribution is 2.36. The molecule has 1 aromatic carbocycles. The lowest BCUT2D eigenvalue weighted by Crippen LogP contribution is -2.34. The topological polar surface area (TPSA) is 81.9 Å². The van der Waals surface area contributed by atoms with E-state index in [0.717, 1.165) is 12.8 Å². The second-order valence-electron chi connectivity index (χ2n) is 5.33. The predicted octanol–water partition coefficient (Wildman–Crippen LogP) is 1.71. The van der Waals surface area contributed by atoms with Crippen molar-refractivity contribution >= 4 is 15.7 Å². The summed E-state index contributed by atoms with van der Waals surface area (Å²) in [7, 11) is 0.864. The van der Waals surface area contributed by atoms with Crippen LogP contribution in [-0.2, 0) is 10.0 Å². The second kappa shape index (κ2) is 6.11. The number of hydrogen-bond acceptors (Lipinski definition) is 5. The molecule has 0 unspecified atom stereocenters. The Morgan fingerprint density at radius 3 is 2.33 bits per heavy atom. The number of rotatable bonds is 6. The second-order valence-corrected chi connectivity index (χ2v) is 7.34. The highest BCUT2D eigenvalue weighted by molar-refractivity contribution is 7.89. The largest absolute Gasteiger partial charge is 0.495 e. The number of nitrogen functional groups attached to an aromatic ring is 1. The number of methoxy groups -OCH3 is 2. The molecular formula is C14H22N2O4S. The minimum absolute atomic E-state index is 0.0742. The van der Waals surface area contributed by atoms with Crippen LogP contribution in [0.3, 0.4) is 0 Å². The zero-order valence-electron chi connectivity index (χ0n) is 12.6. The van der Waals surface area contributed by atoms with Crippen molar-refractivity contribution in [3.8, 4) is 11.5 Å². The smallest absolute Gasteiger partial charge is 0.246 e. The van der Waals surface area contributed by atoms with Gasteiger partial charge < -0.3 is 15.2 Å². The summed E-state index contributed by atoms with van der Waals surface area (Å²) in [5, 5.41) is 0. The summed E-state index contributed by atoms with van der Waals surface area (Å²) in [5.74, 6) is 1.08. The fourth-order valence-electron chi connectivity index (χ4n) is 2.40. The van der Waals surface area contributed by atoms with Crippen LogP contribution in [0.1, 0.15) is 19.3 Å². The first-order chi connectivity index (χ1) is 9.90. The van der Waals surface area contributed by atoms with Crippen molar-refractivity contribution in [2.24, 2.45) is 5.92 Å². The maximum Gasteiger partial charge on any atom is 0.246 e. The van der Waals surface area contributed by atoms with Crippen LogP contribution in [0, 0.1) is 5.92 Å². The molecule has 0 bridgehead atoms. The van der Waals surface area contributed by atoms with Gasteiger partial charge in [-0.05, 0) is 24.8 Å². The Morgan fingerprint density at radius 1 is 1.24 bits per heavy atom. The van der Waals surface area contributed by atoms with Gasteiger partial charge >= 0.3 is 0 Å². The minimum atomic E-state index is -3.63. The molecule has 21 heavy (non-hydrogen) atoms. The van der Waals surface area contributed by atoms with E-state index in [9.17, 15) is 8.42 Å². The molecule has 6 nitrogen and oxygen atoms in total. The van der Waals surface area contributed by atoms with Gasteiger partial charge in [0.1, 0.15) is 16.4 Å². The standard InChI is InChI=1S/C14H22N2O4S/c1-16(9-10-5-4-6-10)21(17,18)14-7-11(15)12(19-2)8-13(14)20-3/h7-8,10H,4-6,9,15H2,1-3H3. The number of ether oxygens (including phenoxy) is 2. The number of nitrogens with two attached hydrogens (primary N) is 1. The first-order valence-electron chi connectivity index (χ1n) is 6.88. The van der Waals surface area contributed by atoms with E-state index in [0.29, 0.717) is 18.2 Å². The number of benzene rings is 1. The van der Waals surface area contributed by atoms with Crippen LogP contribution in [0.2, 0.25) is 0 Å². The van der Waals surface area contributed by atoms with Crippen molar-refractivity contribution in [3.05, 3.63) is 12.1 Å². The zero-order valence-corrected chi connectivity index (χ0v) is 13.4. The molecule has 0 amide bonds. The molecule has 2 rings (SSSR count). The normalized spacial score (nSPS) is 15.8. The number of anilines is 1. The van der Waals surface area contributed by atoms with Crippen molar-refractivity contribution in [3.63, 3.8) is 0 Å². The van der Waals surface area contributed by atoms with Gasteiger partial charge in [0.25, 0.3) is 0 Å². The maximum absolute atomic E-state index is 12.7. The average Bonchev–Trinajstić information content (AvgIpc) is 2.42. The SMILES string of the molecule is COc1cc(OC)c(S(=O)(=O)N(C)CC2CCC2)cc1N. The van der Waals surface area contributed by atoms with Crippen LogP contribution >= 0.6 is 0 Å². The summed E-state index contributed by atoms with van der Waals surface area (Å²) in [6.07, 6.45) is 3.35. The highest BCUT2D eigenvalue weighted by Gasteiger charge is 2.29. The first-order valence-corrected chi connectivity index (χ1v) is 8.32. The molecule has 0 aromatic heterocycles. The molecule has 0 aliphatic heterocycles. The summed E-state index contributed by atoms with van der Waals surface area (Å²) in [6, 6.07) is 2.89. The van der Waals surface area contributed by atoms with Gasteiger partial charge in [-0.25, -0.2) is 12.7 Å². The molecule has 1 aliphatic rings. The monoisotopic (exact) mass is 314 g/mol. The van der Waals surface area contributed by atoms with E-state index in [1.807, 2.05) is 0 Å². The van der Waals surface area contributed by atoms with Gasteiger partial charge in [0.2, 0.25) is 10.0 Å². The molecule has 0 heterocycles. The Balaban J connectivity index is 2.35. The van der Waals surface area contributed by atoms with Crippen LogP contribution in [0.5, 0.6) is 11.5 Å². The van der Waals surface area contributed by atoms with E-state index in [1.54, 1.807) is 7.05 Å². The third kappa shape index (κ3) is 3.08. The lowest BCUT2D eigenvalue weighted by molar-refractivity contribution is 0.262. The molecule has 0 saturated heterocycles. The van der Waals surface area contributed by atoms with Gasteiger partial charge in [-0.2, -0.15) is 0 Å². The van der Waals surface area contributed by atoms with Crippen LogP contribution < -0.4 is 15.2 Å². The van der Waals surface area contributed by atoms with Gasteiger partial charge in [0.05, 0.1) is 19.9 Å². The molecule has 1 fully saturated rings. The third-order valence-corrected chi connectivity index (χ3v) is 5.79. The van der Waals surface area contributed by atoms with Crippen LogP contribution in [0.15, 0.2) is 17.0 Å². The van der Waals surface area contributed by atoms with Crippen molar-refractivity contribution in [2.45, 2.75) is 24.2 Å². The minimum Gasteiger partial charge on any atom is -0.495 e. The van der Waals surface area contributed by atoms with Crippen molar-refractivity contribution in [2.75, 3.05) is 33.5 Å². The first kappa shape index (κ1) is 15.9. The molecule has 0 spiro atoms. The molecule has 0 atom stereocenters. The average molecular weight is 314 g/mol. The summed E-state index contributed by atoms with van der Waals surface area (Å²) >= 11 is 0. The molecule has 1 aliphatic carbocycles. The fraction of sp³-hybridized carbons (Fsp3) is 0.571. The van der Waals surface area contributed by atoms with Gasteiger partial charge in [-0.3, -0.25) is 0 Å². The lowest BCUT2D eigenvalue weighted by Gasteiger charge is -2.30. The van der Waals surface area contributed by atoms with E-state index < -0.39 is 10.0 Å². The van der Waals surface area contributed by atoms with E-state index in [1.165, 1.54) is 37.1 Å². The van der Waals surface area contributed by atoms with Crippen LogP contribution in [-0.4, -0.2) is 40.5 Å². The quantitative estimate of drug-likeness (QED) is 0.808. The molecule has 118 valence electrons. The molecular weight excluding hydrogens is 292 g/mol. The Kier molecular flexibility index (Phi) is 4.63. The van der Waals surface area contributed by atoms with Crippen LogP contribution in [0.25, 0.3) is 0 Å². The Labute approximate surface area is 125 Å². The van der Waals surface area contributed by atoms with Gasteiger partial charge in [-0.1, -0.05) is 6.42 Å². The Bertz CT molecular complexity index is 612. The molecule has 7 heteroatoms. The van der Waals surface area contributed by atoms with E-state index in [4.69, 9.17) is 15.2 Å². The highest BCUT2D eigenvalue weighted by atomic mass is 32.2. The molecule has 2 N–H and O–H groups in total. The Hall–Kier alpha value is -1.47. The van der Waals surface area contributed by atoms with E-state index >= 15 is 0 Å². The number of nitrogens with zero attached hydrogens (tertiary/aromatic N) is 1. The van der Waals surface area contributed by atoms with Gasteiger partial charge in [0, 0.05) is 19.7 Å². The van der Waals surface area contributed by atoms with E-state index in [-0.39, 0.29) is 16.3 Å². The maximum atomic E-state index is 12.7. The predicted molar refractivity (Wildman–Crippen MR) is 81.1 cm³/mol. The van der Waals surface area contributed by atoms with E-state index in [2.05, 4.69) is 0 Å². The molecule has 1 aromatic rings. The number of sulfonamides is 1. The fourth-order valence-corrected chi connectivity index (χ4v) is 3.82. The molecule has 1 saturated carbocycles. The summed E-state index contributed by atoms with van der Waals surface area (Å²) in [4.78, 5) is 0.0742. The summed E-state index contributed by atoms with van der Waals surface area (Å²) in [5.41, 5.74) is 6.10. The zero-order chi connectivity index (χ0) is 15.6. The van der Waals surface area contributed by atoms with Gasteiger partial charge in [0.15, 0.2) is 0 Å². The summed E-state index contributed by atoms with van der Waals surface area (Å²) < 4.78 is 37.0. The summed E-state index contributed by atoms with van der Waals surface area (Å²) in [6.45, 7) is 0.525. The number of hydrogen-bond donors (Lipinski definition) is 1.